The highest BCUT2D eigenvalue weighted by atomic mass is 32.1. The van der Waals surface area contributed by atoms with E-state index in [-0.39, 0.29) is 47.8 Å². The third-order valence-corrected chi connectivity index (χ3v) is 8.79. The van der Waals surface area contributed by atoms with Gasteiger partial charge in [0, 0.05) is 10.9 Å². The number of carbonyl (C=O) groups is 3. The van der Waals surface area contributed by atoms with Crippen LogP contribution in [-0.2, 0) is 27.2 Å². The maximum absolute atomic E-state index is 13.3. The molecule has 1 aromatic heterocycles. The average molecular weight is 415 g/mol. The minimum atomic E-state index is -0.358. The van der Waals surface area contributed by atoms with E-state index < -0.39 is 0 Å². The number of hydrogen-bond donors (Lipinski definition) is 1. The minimum Gasteiger partial charge on any atom is -0.373 e. The van der Waals surface area contributed by atoms with Crippen molar-refractivity contribution in [1.82, 2.24) is 5.32 Å². The van der Waals surface area contributed by atoms with Gasteiger partial charge in [-0.15, -0.1) is 11.3 Å². The van der Waals surface area contributed by atoms with E-state index in [9.17, 15) is 14.4 Å². The van der Waals surface area contributed by atoms with Gasteiger partial charge < -0.3 is 10.1 Å². The number of thiophene rings is 1. The Labute approximate surface area is 174 Å². The van der Waals surface area contributed by atoms with Crippen molar-refractivity contribution in [2.75, 3.05) is 4.90 Å². The predicted molar refractivity (Wildman–Crippen MR) is 108 cm³/mol. The molecule has 4 heterocycles. The van der Waals surface area contributed by atoms with Crippen LogP contribution in [0, 0.1) is 17.8 Å². The lowest BCUT2D eigenvalue weighted by Crippen LogP contribution is -2.36. The molecule has 3 amide bonds. The van der Waals surface area contributed by atoms with E-state index >= 15 is 0 Å². The van der Waals surface area contributed by atoms with E-state index in [1.54, 1.807) is 0 Å². The summed E-state index contributed by atoms with van der Waals surface area (Å²) in [5.41, 5.74) is 1.67. The van der Waals surface area contributed by atoms with Gasteiger partial charge in [-0.25, -0.2) is 4.90 Å². The third kappa shape index (κ3) is 2.59. The monoisotopic (exact) mass is 414 g/mol. The Morgan fingerprint density at radius 1 is 1.10 bits per heavy atom. The maximum atomic E-state index is 13.3. The second kappa shape index (κ2) is 6.38. The molecule has 29 heavy (non-hydrogen) atoms. The number of rotatable bonds is 4. The van der Waals surface area contributed by atoms with Crippen LogP contribution in [0.4, 0.5) is 5.00 Å². The molecular formula is C22H26N2O4S. The summed E-state index contributed by atoms with van der Waals surface area (Å²) in [6.07, 6.45) is 7.45. The van der Waals surface area contributed by atoms with E-state index in [0.29, 0.717) is 16.5 Å². The van der Waals surface area contributed by atoms with Crippen molar-refractivity contribution >= 4 is 34.1 Å². The van der Waals surface area contributed by atoms with Crippen molar-refractivity contribution in [3.05, 3.63) is 16.0 Å². The van der Waals surface area contributed by atoms with Crippen LogP contribution >= 0.6 is 11.3 Å². The van der Waals surface area contributed by atoms with E-state index in [1.165, 1.54) is 21.1 Å². The topological polar surface area (TPSA) is 75.7 Å². The molecule has 6 rings (SSSR count). The molecule has 5 atom stereocenters. The van der Waals surface area contributed by atoms with Crippen LogP contribution in [0.1, 0.15) is 66.2 Å². The standard InChI is InChI=1S/C22H26N2O4S/c1-2-10-3-6-12-15(9-10)29-22(16(12)19(25)23-11-4-5-11)24-20(26)17-13-7-8-14(28-13)18(17)21(24)27/h10-11,13-14,17-18H,2-9H2,1H3,(H,23,25)/t10-,13-,14+,17+,18+/m1/s1. The normalized spacial score (nSPS) is 35.2. The van der Waals surface area contributed by atoms with Crippen LogP contribution < -0.4 is 10.2 Å². The summed E-state index contributed by atoms with van der Waals surface area (Å²) in [4.78, 5) is 42.4. The molecule has 1 aromatic rings. The molecule has 1 N–H and O–H groups in total. The second-order valence-corrected chi connectivity index (χ2v) is 10.4. The van der Waals surface area contributed by atoms with Gasteiger partial charge in [0.15, 0.2) is 0 Å². The van der Waals surface area contributed by atoms with Crippen LogP contribution in [0.5, 0.6) is 0 Å². The second-order valence-electron chi connectivity index (χ2n) is 9.30. The van der Waals surface area contributed by atoms with Crippen molar-refractivity contribution in [1.29, 1.82) is 0 Å². The number of fused-ring (bicyclic) bond motifs is 6. The van der Waals surface area contributed by atoms with Crippen LogP contribution in [0.15, 0.2) is 0 Å². The van der Waals surface area contributed by atoms with Gasteiger partial charge in [0.2, 0.25) is 11.8 Å². The lowest BCUT2D eigenvalue weighted by molar-refractivity contribution is -0.124. The van der Waals surface area contributed by atoms with Gasteiger partial charge in [-0.3, -0.25) is 14.4 Å². The quantitative estimate of drug-likeness (QED) is 0.769. The SMILES string of the molecule is CC[C@@H]1CCc2c(sc(N3C(=O)[C@@H]4[C@@H](C3=O)[C@H]3CC[C@@H]4O3)c2C(=O)NC2CC2)C1. The highest BCUT2D eigenvalue weighted by Crippen LogP contribution is 2.52. The molecule has 0 spiro atoms. The van der Waals surface area contributed by atoms with Gasteiger partial charge in [0.25, 0.3) is 5.91 Å². The van der Waals surface area contributed by atoms with E-state index in [0.717, 1.165) is 56.9 Å². The van der Waals surface area contributed by atoms with Crippen LogP contribution in [0.25, 0.3) is 0 Å². The van der Waals surface area contributed by atoms with Gasteiger partial charge in [0.05, 0.1) is 29.6 Å². The highest BCUT2D eigenvalue weighted by molar-refractivity contribution is 7.17. The minimum absolute atomic E-state index is 0.105. The fourth-order valence-corrected chi connectivity index (χ4v) is 7.25. The van der Waals surface area contributed by atoms with Gasteiger partial charge in [-0.1, -0.05) is 13.3 Å². The largest absolute Gasteiger partial charge is 0.373 e. The molecule has 154 valence electrons. The lowest BCUT2D eigenvalue weighted by atomic mass is 9.81. The molecular weight excluding hydrogens is 388 g/mol. The molecule has 0 unspecified atom stereocenters. The molecule has 0 aromatic carbocycles. The molecule has 3 aliphatic heterocycles. The van der Waals surface area contributed by atoms with Gasteiger partial charge in [-0.2, -0.15) is 0 Å². The Bertz CT molecular complexity index is 892. The Hall–Kier alpha value is -1.73. The van der Waals surface area contributed by atoms with Gasteiger partial charge in [0.1, 0.15) is 5.00 Å². The van der Waals surface area contributed by atoms with Crippen LogP contribution in [-0.4, -0.2) is 36.0 Å². The summed E-state index contributed by atoms with van der Waals surface area (Å²) in [7, 11) is 0. The number of imide groups is 1. The zero-order chi connectivity index (χ0) is 19.9. The molecule has 2 bridgehead atoms. The maximum Gasteiger partial charge on any atom is 0.254 e. The first-order chi connectivity index (χ1) is 14.1. The molecule has 6 nitrogen and oxygen atoms in total. The molecule has 4 fully saturated rings. The summed E-state index contributed by atoms with van der Waals surface area (Å²) in [5, 5.41) is 3.68. The van der Waals surface area contributed by atoms with Crippen LogP contribution in [0.3, 0.4) is 0 Å². The number of nitrogens with zero attached hydrogens (tertiary/aromatic N) is 1. The summed E-state index contributed by atoms with van der Waals surface area (Å²) >= 11 is 1.51. The number of amides is 3. The average Bonchev–Trinajstić information content (AvgIpc) is 3.07. The summed E-state index contributed by atoms with van der Waals surface area (Å²) in [5.74, 6) is -0.517. The highest BCUT2D eigenvalue weighted by Gasteiger charge is 2.63. The lowest BCUT2D eigenvalue weighted by Gasteiger charge is -2.21. The van der Waals surface area contributed by atoms with Gasteiger partial charge >= 0.3 is 0 Å². The number of ether oxygens (including phenoxy) is 1. The van der Waals surface area contributed by atoms with E-state index in [1.807, 2.05) is 0 Å². The Morgan fingerprint density at radius 2 is 1.79 bits per heavy atom. The first-order valence-electron chi connectivity index (χ1n) is 11.1. The van der Waals surface area contributed by atoms with E-state index in [4.69, 9.17) is 4.74 Å². The fourth-order valence-electron chi connectivity index (χ4n) is 5.78. The number of hydrogen-bond acceptors (Lipinski definition) is 5. The van der Waals surface area contributed by atoms with Crippen molar-refractivity contribution in [2.24, 2.45) is 17.8 Å². The smallest absolute Gasteiger partial charge is 0.254 e. The summed E-state index contributed by atoms with van der Waals surface area (Å²) < 4.78 is 5.87. The summed E-state index contributed by atoms with van der Waals surface area (Å²) in [6, 6.07) is 0.242. The number of carbonyl (C=O) groups excluding carboxylic acids is 3. The zero-order valence-electron chi connectivity index (χ0n) is 16.6. The zero-order valence-corrected chi connectivity index (χ0v) is 17.4. The molecule has 1 saturated carbocycles. The number of nitrogens with one attached hydrogen (secondary N) is 1. The van der Waals surface area contributed by atoms with E-state index in [2.05, 4.69) is 12.2 Å². The molecule has 5 aliphatic rings. The number of anilines is 1. The first-order valence-corrected chi connectivity index (χ1v) is 11.9. The molecule has 2 aliphatic carbocycles. The fraction of sp³-hybridized carbons (Fsp3) is 0.682. The van der Waals surface area contributed by atoms with Crippen molar-refractivity contribution in [3.63, 3.8) is 0 Å². The van der Waals surface area contributed by atoms with Crippen LogP contribution in [0.2, 0.25) is 0 Å². The van der Waals surface area contributed by atoms with Crippen molar-refractivity contribution in [3.8, 4) is 0 Å². The molecule has 7 heteroatoms. The Kier molecular flexibility index (Phi) is 3.98. The molecule has 3 saturated heterocycles. The van der Waals surface area contributed by atoms with Crippen molar-refractivity contribution < 1.29 is 19.1 Å². The summed E-state index contributed by atoms with van der Waals surface area (Å²) in [6.45, 7) is 2.20. The van der Waals surface area contributed by atoms with Gasteiger partial charge in [-0.05, 0) is 56.4 Å². The third-order valence-electron chi connectivity index (χ3n) is 7.55. The first kappa shape index (κ1) is 18.1. The predicted octanol–water partition coefficient (Wildman–Crippen LogP) is 2.82. The Balaban J connectivity index is 1.42. The molecule has 0 radical (unpaired) electrons. The Morgan fingerprint density at radius 3 is 2.41 bits per heavy atom. The van der Waals surface area contributed by atoms with Crippen molar-refractivity contribution in [2.45, 2.75) is 76.5 Å².